The van der Waals surface area contributed by atoms with Crippen molar-refractivity contribution in [2.75, 3.05) is 13.7 Å². The molecule has 0 spiro atoms. The van der Waals surface area contributed by atoms with Crippen LogP contribution in [-0.2, 0) is 16.1 Å². The van der Waals surface area contributed by atoms with Crippen molar-refractivity contribution >= 4 is 17.4 Å². The van der Waals surface area contributed by atoms with Crippen LogP contribution in [0, 0.1) is 13.8 Å². The van der Waals surface area contributed by atoms with Crippen LogP contribution < -0.4 is 9.47 Å². The molecule has 1 saturated heterocycles. The Morgan fingerprint density at radius 2 is 1.88 bits per heavy atom. The highest BCUT2D eigenvalue weighted by molar-refractivity contribution is 6.46. The summed E-state index contributed by atoms with van der Waals surface area (Å²) in [5, 5.41) is 11.3. The zero-order valence-electron chi connectivity index (χ0n) is 19.6. The summed E-state index contributed by atoms with van der Waals surface area (Å²) < 4.78 is 16.5. The lowest BCUT2D eigenvalue weighted by molar-refractivity contribution is -0.140. The van der Waals surface area contributed by atoms with E-state index in [1.807, 2.05) is 45.0 Å². The van der Waals surface area contributed by atoms with Crippen molar-refractivity contribution in [1.29, 1.82) is 0 Å². The van der Waals surface area contributed by atoms with Crippen LogP contribution in [0.5, 0.6) is 11.5 Å². The van der Waals surface area contributed by atoms with Gasteiger partial charge in [-0.25, -0.2) is 0 Å². The standard InChI is InChI=1S/C27H27NO6/c1-5-33-19-9-6-8-18(14-19)15-28-24(21-10-7-11-34-21)23(26(30)27(28)31)25(29)20-12-17(3)22(32-4)13-16(20)2/h6-14,24,29H,5,15H2,1-4H3/b25-23-. The van der Waals surface area contributed by atoms with Crippen molar-refractivity contribution in [1.82, 2.24) is 4.90 Å². The van der Waals surface area contributed by atoms with Gasteiger partial charge in [0.2, 0.25) is 0 Å². The number of aliphatic hydroxyl groups excluding tert-OH is 1. The maximum absolute atomic E-state index is 13.2. The van der Waals surface area contributed by atoms with Gasteiger partial charge in [-0.05, 0) is 73.9 Å². The number of ketones is 1. The average Bonchev–Trinajstić information content (AvgIpc) is 3.43. The van der Waals surface area contributed by atoms with E-state index in [1.165, 1.54) is 11.2 Å². The van der Waals surface area contributed by atoms with E-state index < -0.39 is 17.7 Å². The molecule has 0 radical (unpaired) electrons. The number of carbonyl (C=O) groups is 2. The van der Waals surface area contributed by atoms with E-state index in [1.54, 1.807) is 31.4 Å². The molecule has 1 N–H and O–H groups in total. The van der Waals surface area contributed by atoms with Gasteiger partial charge < -0.3 is 23.9 Å². The van der Waals surface area contributed by atoms with Gasteiger partial charge in [0.25, 0.3) is 11.7 Å². The van der Waals surface area contributed by atoms with Crippen LogP contribution >= 0.6 is 0 Å². The van der Waals surface area contributed by atoms with Gasteiger partial charge in [-0.3, -0.25) is 9.59 Å². The fourth-order valence-electron chi connectivity index (χ4n) is 4.29. The van der Waals surface area contributed by atoms with Crippen molar-refractivity contribution in [3.05, 3.63) is 88.4 Å². The van der Waals surface area contributed by atoms with Gasteiger partial charge in [-0.15, -0.1) is 0 Å². The number of rotatable bonds is 7. The number of amides is 1. The SMILES string of the molecule is CCOc1cccc(CN2C(=O)C(=O)/C(=C(\O)c3cc(C)c(OC)cc3C)C2c2ccco2)c1. The number of hydrogen-bond acceptors (Lipinski definition) is 6. The molecule has 176 valence electrons. The van der Waals surface area contributed by atoms with Crippen LogP contribution in [-0.4, -0.2) is 35.4 Å². The number of methoxy groups -OCH3 is 1. The predicted molar refractivity (Wildman–Crippen MR) is 127 cm³/mol. The van der Waals surface area contributed by atoms with Gasteiger partial charge in [0, 0.05) is 12.1 Å². The van der Waals surface area contributed by atoms with Gasteiger partial charge in [-0.1, -0.05) is 12.1 Å². The lowest BCUT2D eigenvalue weighted by Crippen LogP contribution is -2.29. The number of furan rings is 1. The van der Waals surface area contributed by atoms with Gasteiger partial charge in [0.1, 0.15) is 29.1 Å². The third kappa shape index (κ3) is 4.17. The zero-order valence-corrected chi connectivity index (χ0v) is 19.6. The second-order valence-electron chi connectivity index (χ2n) is 8.16. The van der Waals surface area contributed by atoms with Gasteiger partial charge in [-0.2, -0.15) is 0 Å². The molecule has 0 saturated carbocycles. The molecule has 1 aliphatic heterocycles. The summed E-state index contributed by atoms with van der Waals surface area (Å²) in [7, 11) is 1.57. The first kappa shape index (κ1) is 23.2. The van der Waals surface area contributed by atoms with Crippen molar-refractivity contribution in [3.8, 4) is 11.5 Å². The Morgan fingerprint density at radius 3 is 2.56 bits per heavy atom. The van der Waals surface area contributed by atoms with Crippen molar-refractivity contribution in [2.24, 2.45) is 0 Å². The maximum atomic E-state index is 13.2. The van der Waals surface area contributed by atoms with Crippen molar-refractivity contribution in [2.45, 2.75) is 33.4 Å². The van der Waals surface area contributed by atoms with Crippen molar-refractivity contribution in [3.63, 3.8) is 0 Å². The quantitative estimate of drug-likeness (QED) is 0.305. The molecule has 2 aromatic carbocycles. The van der Waals surface area contributed by atoms with Gasteiger partial charge in [0.15, 0.2) is 0 Å². The van der Waals surface area contributed by atoms with E-state index in [0.29, 0.717) is 35.0 Å². The highest BCUT2D eigenvalue weighted by atomic mass is 16.5. The van der Waals surface area contributed by atoms with E-state index in [4.69, 9.17) is 13.9 Å². The van der Waals surface area contributed by atoms with Gasteiger partial charge in [0.05, 0.1) is 25.6 Å². The predicted octanol–water partition coefficient (Wildman–Crippen LogP) is 4.93. The second kappa shape index (κ2) is 9.47. The molecule has 3 aromatic rings. The molecule has 7 heteroatoms. The lowest BCUT2D eigenvalue weighted by Gasteiger charge is -2.24. The monoisotopic (exact) mass is 461 g/mol. The topological polar surface area (TPSA) is 89.2 Å². The normalized spacial score (nSPS) is 17.3. The molecule has 1 atom stereocenters. The first-order valence-corrected chi connectivity index (χ1v) is 11.0. The summed E-state index contributed by atoms with van der Waals surface area (Å²) in [5.41, 5.74) is 2.76. The third-order valence-electron chi connectivity index (χ3n) is 5.91. The molecule has 34 heavy (non-hydrogen) atoms. The van der Waals surface area contributed by atoms with E-state index >= 15 is 0 Å². The summed E-state index contributed by atoms with van der Waals surface area (Å²) in [6.07, 6.45) is 1.48. The molecule has 4 rings (SSSR count). The number of nitrogens with zero attached hydrogens (tertiary/aromatic N) is 1. The first-order valence-electron chi connectivity index (χ1n) is 11.0. The highest BCUT2D eigenvalue weighted by Crippen LogP contribution is 2.41. The van der Waals surface area contributed by atoms with Crippen LogP contribution in [0.15, 0.2) is 64.8 Å². The number of ether oxygens (including phenoxy) is 2. The summed E-state index contributed by atoms with van der Waals surface area (Å²) in [4.78, 5) is 27.8. The van der Waals surface area contributed by atoms with Crippen LogP contribution in [0.4, 0.5) is 0 Å². The Bertz CT molecular complexity index is 1260. The van der Waals surface area contributed by atoms with Crippen LogP contribution in [0.1, 0.15) is 41.0 Å². The summed E-state index contributed by atoms with van der Waals surface area (Å²) in [6.45, 7) is 6.22. The smallest absolute Gasteiger partial charge is 0.296 e. The highest BCUT2D eigenvalue weighted by Gasteiger charge is 2.47. The van der Waals surface area contributed by atoms with E-state index in [0.717, 1.165) is 11.1 Å². The third-order valence-corrected chi connectivity index (χ3v) is 5.91. The van der Waals surface area contributed by atoms with Crippen LogP contribution in [0.3, 0.4) is 0 Å². The van der Waals surface area contributed by atoms with E-state index in [2.05, 4.69) is 0 Å². The average molecular weight is 462 g/mol. The zero-order chi connectivity index (χ0) is 24.4. The fraction of sp³-hybridized carbons (Fsp3) is 0.259. The number of likely N-dealkylation sites (tertiary alicyclic amines) is 1. The molecule has 0 aliphatic carbocycles. The molecular formula is C27H27NO6. The Kier molecular flexibility index (Phi) is 6.45. The maximum Gasteiger partial charge on any atom is 0.296 e. The Balaban J connectivity index is 1.82. The summed E-state index contributed by atoms with van der Waals surface area (Å²) in [5.74, 6) is 0.0419. The molecule has 1 unspecified atom stereocenters. The number of carbonyl (C=O) groups excluding carboxylic acids is 2. The summed E-state index contributed by atoms with van der Waals surface area (Å²) in [6, 6.07) is 13.4. The molecule has 2 heterocycles. The Hall–Kier alpha value is -4.00. The lowest BCUT2D eigenvalue weighted by atomic mass is 9.95. The molecule has 1 aromatic heterocycles. The first-order chi connectivity index (χ1) is 16.3. The number of hydrogen-bond donors (Lipinski definition) is 1. The molecule has 1 amide bonds. The van der Waals surface area contributed by atoms with Crippen LogP contribution in [0.2, 0.25) is 0 Å². The summed E-state index contributed by atoms with van der Waals surface area (Å²) >= 11 is 0. The fourth-order valence-corrected chi connectivity index (χ4v) is 4.29. The number of benzene rings is 2. The molecule has 1 aliphatic rings. The molecule has 7 nitrogen and oxygen atoms in total. The van der Waals surface area contributed by atoms with E-state index in [9.17, 15) is 14.7 Å². The number of aliphatic hydroxyl groups is 1. The minimum absolute atomic E-state index is 0.00594. The molecule has 1 fully saturated rings. The van der Waals surface area contributed by atoms with Crippen molar-refractivity contribution < 1.29 is 28.6 Å². The van der Waals surface area contributed by atoms with E-state index in [-0.39, 0.29) is 17.9 Å². The molecular weight excluding hydrogens is 434 g/mol. The Labute approximate surface area is 198 Å². The largest absolute Gasteiger partial charge is 0.507 e. The minimum atomic E-state index is -0.868. The minimum Gasteiger partial charge on any atom is -0.507 e. The van der Waals surface area contributed by atoms with Crippen LogP contribution in [0.25, 0.3) is 5.76 Å². The second-order valence-corrected chi connectivity index (χ2v) is 8.16. The van der Waals surface area contributed by atoms with Gasteiger partial charge >= 0.3 is 0 Å². The Morgan fingerprint density at radius 1 is 1.09 bits per heavy atom. The number of Topliss-reactive ketones (excluding diaryl/α,β-unsaturated/α-hetero) is 1. The number of aryl methyl sites for hydroxylation is 2. The molecule has 0 bridgehead atoms.